The average molecular weight is 413 g/mol. The maximum atomic E-state index is 13.3. The third-order valence-corrected chi connectivity index (χ3v) is 6.25. The lowest BCUT2D eigenvalue weighted by molar-refractivity contribution is 0.0474. The van der Waals surface area contributed by atoms with E-state index in [1.807, 2.05) is 50.2 Å². The van der Waals surface area contributed by atoms with Crippen molar-refractivity contribution in [3.05, 3.63) is 86.4 Å². The third kappa shape index (κ3) is 3.40. The number of carbonyl (C=O) groups excluding carboxylic acids is 1. The molecule has 0 saturated carbocycles. The van der Waals surface area contributed by atoms with Crippen molar-refractivity contribution < 1.29 is 13.9 Å². The Morgan fingerprint density at radius 2 is 1.87 bits per heavy atom. The van der Waals surface area contributed by atoms with Crippen LogP contribution in [0.1, 0.15) is 51.1 Å². The Hall–Kier alpha value is -3.47. The predicted octanol–water partition coefficient (Wildman–Crippen LogP) is 5.19. The number of carbonyl (C=O) groups is 1. The number of ether oxygens (including phenoxy) is 1. The molecule has 5 heteroatoms. The van der Waals surface area contributed by atoms with Crippen molar-refractivity contribution in [2.75, 3.05) is 0 Å². The molecule has 0 saturated heterocycles. The van der Waals surface area contributed by atoms with E-state index in [4.69, 9.17) is 14.1 Å². The van der Waals surface area contributed by atoms with Crippen molar-refractivity contribution in [1.29, 1.82) is 0 Å². The zero-order valence-corrected chi connectivity index (χ0v) is 17.7. The molecule has 2 aromatic heterocycles. The summed E-state index contributed by atoms with van der Waals surface area (Å²) in [7, 11) is 0. The van der Waals surface area contributed by atoms with E-state index in [-0.39, 0.29) is 12.6 Å². The van der Waals surface area contributed by atoms with Crippen LogP contribution in [0.25, 0.3) is 21.9 Å². The van der Waals surface area contributed by atoms with Gasteiger partial charge in [-0.1, -0.05) is 30.3 Å². The zero-order valence-electron chi connectivity index (χ0n) is 17.7. The predicted molar refractivity (Wildman–Crippen MR) is 119 cm³/mol. The molecular weight excluding hydrogens is 390 g/mol. The van der Waals surface area contributed by atoms with Gasteiger partial charge in [-0.05, 0) is 62.3 Å². The highest BCUT2D eigenvalue weighted by Crippen LogP contribution is 2.30. The molecule has 0 spiro atoms. The van der Waals surface area contributed by atoms with Crippen LogP contribution in [0.15, 0.2) is 51.7 Å². The topological polar surface area (TPSA) is 69.4 Å². The van der Waals surface area contributed by atoms with Gasteiger partial charge >= 0.3 is 11.6 Å². The normalized spacial score (nSPS) is 13.4. The van der Waals surface area contributed by atoms with Crippen molar-refractivity contribution in [2.45, 2.75) is 46.1 Å². The number of esters is 1. The number of pyridine rings is 1. The van der Waals surface area contributed by atoms with Gasteiger partial charge in [-0.25, -0.2) is 9.59 Å². The zero-order chi connectivity index (χ0) is 21.5. The van der Waals surface area contributed by atoms with Crippen molar-refractivity contribution >= 4 is 27.8 Å². The molecule has 5 nitrogen and oxygen atoms in total. The maximum absolute atomic E-state index is 13.3. The molecule has 2 heterocycles. The summed E-state index contributed by atoms with van der Waals surface area (Å²) in [6.45, 7) is 3.90. The first kappa shape index (κ1) is 19.5. The van der Waals surface area contributed by atoms with Gasteiger partial charge in [0.25, 0.3) is 0 Å². The summed E-state index contributed by atoms with van der Waals surface area (Å²) in [5, 5.41) is 1.61. The number of aromatic nitrogens is 1. The molecule has 2 aromatic carbocycles. The minimum absolute atomic E-state index is 0.00879. The molecule has 5 rings (SSSR count). The number of fused-ring (bicyclic) bond motifs is 3. The lowest BCUT2D eigenvalue weighted by atomic mass is 9.90. The summed E-state index contributed by atoms with van der Waals surface area (Å²) in [6, 6.07) is 13.0. The highest BCUT2D eigenvalue weighted by molar-refractivity contribution is 6.05. The van der Waals surface area contributed by atoms with Crippen molar-refractivity contribution in [3.8, 4) is 0 Å². The number of aryl methyl sites for hydroxylation is 3. The van der Waals surface area contributed by atoms with E-state index in [0.717, 1.165) is 64.4 Å². The molecule has 0 bridgehead atoms. The Morgan fingerprint density at radius 1 is 1.06 bits per heavy atom. The Labute approximate surface area is 179 Å². The van der Waals surface area contributed by atoms with Gasteiger partial charge in [0.1, 0.15) is 12.2 Å². The largest absolute Gasteiger partial charge is 0.457 e. The first-order valence-electron chi connectivity index (χ1n) is 10.6. The number of para-hydroxylation sites is 1. The van der Waals surface area contributed by atoms with E-state index < -0.39 is 5.63 Å². The van der Waals surface area contributed by atoms with E-state index in [1.54, 1.807) is 0 Å². The molecular formula is C26H23NO4. The molecule has 4 aromatic rings. The summed E-state index contributed by atoms with van der Waals surface area (Å²) in [5.74, 6) is -0.373. The second-order valence-corrected chi connectivity index (χ2v) is 8.19. The van der Waals surface area contributed by atoms with Gasteiger partial charge in [-0.2, -0.15) is 0 Å². The molecule has 0 radical (unpaired) electrons. The number of nitrogens with zero attached hydrogens (tertiary/aromatic N) is 1. The molecule has 1 aliphatic rings. The lowest BCUT2D eigenvalue weighted by Crippen LogP contribution is -2.16. The van der Waals surface area contributed by atoms with Gasteiger partial charge in [-0.3, -0.25) is 4.98 Å². The van der Waals surface area contributed by atoms with Gasteiger partial charge in [0.2, 0.25) is 0 Å². The average Bonchev–Trinajstić information content (AvgIpc) is 2.78. The van der Waals surface area contributed by atoms with Crippen molar-refractivity contribution in [2.24, 2.45) is 0 Å². The number of hydrogen-bond donors (Lipinski definition) is 0. The molecule has 0 amide bonds. The molecule has 1 aliphatic carbocycles. The van der Waals surface area contributed by atoms with Gasteiger partial charge in [0.05, 0.1) is 11.1 Å². The second-order valence-electron chi connectivity index (χ2n) is 8.19. The number of benzene rings is 2. The SMILES string of the molecule is Cc1ccc2c(COC(=O)c3c4c(nc5ccccc35)CCCC4)cc(=O)oc2c1C. The van der Waals surface area contributed by atoms with E-state index in [0.29, 0.717) is 16.7 Å². The molecule has 0 fully saturated rings. The smallest absolute Gasteiger partial charge is 0.339 e. The summed E-state index contributed by atoms with van der Waals surface area (Å²) in [6.07, 6.45) is 3.82. The molecule has 156 valence electrons. The standard InChI is InChI=1S/C26H23NO4/c1-15-11-12-18-17(13-23(28)31-25(18)16(15)2)14-30-26(29)24-19-7-3-5-9-21(19)27-22-10-6-4-8-20(22)24/h3,5,7,9,11-13H,4,6,8,10,14H2,1-2H3. The van der Waals surface area contributed by atoms with Gasteiger partial charge in [-0.15, -0.1) is 0 Å². The minimum atomic E-state index is -0.445. The van der Waals surface area contributed by atoms with Crippen molar-refractivity contribution in [3.63, 3.8) is 0 Å². The first-order valence-corrected chi connectivity index (χ1v) is 10.6. The van der Waals surface area contributed by atoms with Crippen LogP contribution in [-0.2, 0) is 24.2 Å². The molecule has 0 aliphatic heterocycles. The van der Waals surface area contributed by atoms with E-state index in [2.05, 4.69) is 0 Å². The Bertz CT molecular complexity index is 1400. The molecule has 31 heavy (non-hydrogen) atoms. The fraction of sp³-hybridized carbons (Fsp3) is 0.269. The summed E-state index contributed by atoms with van der Waals surface area (Å²) >= 11 is 0. The van der Waals surface area contributed by atoms with Crippen LogP contribution in [0.3, 0.4) is 0 Å². The fourth-order valence-electron chi connectivity index (χ4n) is 4.47. The third-order valence-electron chi connectivity index (χ3n) is 6.25. The Kier molecular flexibility index (Phi) is 4.81. The summed E-state index contributed by atoms with van der Waals surface area (Å²) in [5.41, 5.74) is 6.12. The van der Waals surface area contributed by atoms with Crippen LogP contribution >= 0.6 is 0 Å². The van der Waals surface area contributed by atoms with E-state index in [9.17, 15) is 9.59 Å². The number of rotatable bonds is 3. The summed E-state index contributed by atoms with van der Waals surface area (Å²) in [4.78, 5) is 30.2. The number of hydrogen-bond acceptors (Lipinski definition) is 5. The molecule has 0 unspecified atom stereocenters. The van der Waals surface area contributed by atoms with E-state index in [1.165, 1.54) is 6.07 Å². The van der Waals surface area contributed by atoms with Crippen LogP contribution in [0.5, 0.6) is 0 Å². The van der Waals surface area contributed by atoms with Crippen LogP contribution in [0.2, 0.25) is 0 Å². The van der Waals surface area contributed by atoms with Crippen LogP contribution in [0, 0.1) is 13.8 Å². The lowest BCUT2D eigenvalue weighted by Gasteiger charge is -2.20. The Morgan fingerprint density at radius 3 is 2.74 bits per heavy atom. The van der Waals surface area contributed by atoms with Crippen LogP contribution in [-0.4, -0.2) is 11.0 Å². The maximum Gasteiger partial charge on any atom is 0.339 e. The van der Waals surface area contributed by atoms with Crippen LogP contribution in [0.4, 0.5) is 0 Å². The van der Waals surface area contributed by atoms with Crippen molar-refractivity contribution in [1.82, 2.24) is 4.98 Å². The molecule has 0 atom stereocenters. The second kappa shape index (κ2) is 7.65. The highest BCUT2D eigenvalue weighted by atomic mass is 16.5. The monoisotopic (exact) mass is 413 g/mol. The summed E-state index contributed by atoms with van der Waals surface area (Å²) < 4.78 is 11.2. The van der Waals surface area contributed by atoms with Crippen LogP contribution < -0.4 is 5.63 Å². The minimum Gasteiger partial charge on any atom is -0.457 e. The van der Waals surface area contributed by atoms with Gasteiger partial charge in [0, 0.05) is 28.1 Å². The van der Waals surface area contributed by atoms with E-state index >= 15 is 0 Å². The molecule has 0 N–H and O–H groups in total. The fourth-order valence-corrected chi connectivity index (χ4v) is 4.47. The van der Waals surface area contributed by atoms with Gasteiger partial charge < -0.3 is 9.15 Å². The van der Waals surface area contributed by atoms with Gasteiger partial charge in [0.15, 0.2) is 0 Å². The first-order chi connectivity index (χ1) is 15.0. The quantitative estimate of drug-likeness (QED) is 0.341. The Balaban J connectivity index is 1.55. The highest BCUT2D eigenvalue weighted by Gasteiger charge is 2.24.